The maximum atomic E-state index is 11.1. The number of imidazole rings is 1. The highest BCUT2D eigenvalue weighted by atomic mass is 35.5. The Morgan fingerprint density at radius 1 is 1.29 bits per heavy atom. The molecule has 3 aromatic rings. The normalized spacial score (nSPS) is 11.2. The molecule has 0 aliphatic rings. The van der Waals surface area contributed by atoms with Crippen LogP contribution in [0.5, 0.6) is 0 Å². The molecule has 6 heteroatoms. The zero-order valence-electron chi connectivity index (χ0n) is 8.87. The van der Waals surface area contributed by atoms with Gasteiger partial charge in [0.1, 0.15) is 9.34 Å². The van der Waals surface area contributed by atoms with Crippen LogP contribution in [0.4, 0.5) is 0 Å². The van der Waals surface area contributed by atoms with Gasteiger partial charge in [-0.15, -0.1) is 11.3 Å². The average molecular weight is 266 g/mol. The van der Waals surface area contributed by atoms with Crippen molar-refractivity contribution in [3.8, 4) is 10.6 Å². The second-order valence-corrected chi connectivity index (χ2v) is 5.32. The summed E-state index contributed by atoms with van der Waals surface area (Å²) in [5, 5.41) is 0.858. The van der Waals surface area contributed by atoms with Crippen LogP contribution in [0, 0.1) is 6.92 Å². The maximum Gasteiger partial charge on any atom is 0.323 e. The van der Waals surface area contributed by atoms with E-state index in [1.54, 1.807) is 0 Å². The number of hydrogen-bond donors (Lipinski definition) is 2. The van der Waals surface area contributed by atoms with Crippen molar-refractivity contribution in [1.29, 1.82) is 0 Å². The van der Waals surface area contributed by atoms with Crippen molar-refractivity contribution in [3.05, 3.63) is 38.7 Å². The number of benzene rings is 1. The number of aromatic amines is 2. The first-order valence-corrected chi connectivity index (χ1v) is 6.18. The predicted molar refractivity (Wildman–Crippen MR) is 69.8 cm³/mol. The third-order valence-corrected chi connectivity index (χ3v) is 4.00. The average Bonchev–Trinajstić information content (AvgIpc) is 2.80. The van der Waals surface area contributed by atoms with Crippen LogP contribution in [-0.2, 0) is 0 Å². The van der Waals surface area contributed by atoms with Crippen LogP contribution >= 0.6 is 22.9 Å². The largest absolute Gasteiger partial charge is 0.323 e. The second kappa shape index (κ2) is 3.72. The number of fused-ring (bicyclic) bond motifs is 1. The Bertz CT molecular complexity index is 736. The minimum atomic E-state index is -0.203. The first-order valence-electron chi connectivity index (χ1n) is 4.99. The van der Waals surface area contributed by atoms with E-state index >= 15 is 0 Å². The zero-order valence-corrected chi connectivity index (χ0v) is 10.4. The first kappa shape index (κ1) is 10.6. The molecule has 86 valence electrons. The van der Waals surface area contributed by atoms with E-state index in [0.717, 1.165) is 27.3 Å². The number of nitrogens with one attached hydrogen (secondary N) is 2. The van der Waals surface area contributed by atoms with E-state index in [4.69, 9.17) is 11.6 Å². The van der Waals surface area contributed by atoms with Gasteiger partial charge in [0.25, 0.3) is 0 Å². The van der Waals surface area contributed by atoms with Crippen LogP contribution in [0.3, 0.4) is 0 Å². The van der Waals surface area contributed by atoms with Gasteiger partial charge >= 0.3 is 5.69 Å². The minimum Gasteiger partial charge on any atom is -0.306 e. The quantitative estimate of drug-likeness (QED) is 0.711. The molecule has 3 rings (SSSR count). The van der Waals surface area contributed by atoms with Crippen molar-refractivity contribution in [3.63, 3.8) is 0 Å². The minimum absolute atomic E-state index is 0.203. The highest BCUT2D eigenvalue weighted by Crippen LogP contribution is 2.31. The van der Waals surface area contributed by atoms with Crippen LogP contribution in [0.1, 0.15) is 5.69 Å². The molecule has 0 saturated heterocycles. The Hall–Kier alpha value is -1.59. The summed E-state index contributed by atoms with van der Waals surface area (Å²) < 4.78 is 0.697. The fourth-order valence-corrected chi connectivity index (χ4v) is 2.72. The molecular formula is C11H8ClN3OS. The van der Waals surface area contributed by atoms with Crippen LogP contribution in [0.15, 0.2) is 23.0 Å². The summed E-state index contributed by atoms with van der Waals surface area (Å²) in [7, 11) is 0. The van der Waals surface area contributed by atoms with Crippen LogP contribution in [0.2, 0.25) is 4.34 Å². The van der Waals surface area contributed by atoms with E-state index in [1.807, 2.05) is 25.1 Å². The van der Waals surface area contributed by atoms with Crippen LogP contribution < -0.4 is 5.69 Å². The molecule has 0 atom stereocenters. The van der Waals surface area contributed by atoms with Crippen molar-refractivity contribution in [1.82, 2.24) is 15.0 Å². The zero-order chi connectivity index (χ0) is 12.0. The topological polar surface area (TPSA) is 61.5 Å². The van der Waals surface area contributed by atoms with Crippen LogP contribution in [-0.4, -0.2) is 15.0 Å². The Morgan fingerprint density at radius 2 is 2.06 bits per heavy atom. The fourth-order valence-electron chi connectivity index (χ4n) is 1.67. The molecule has 0 aliphatic carbocycles. The third kappa shape index (κ3) is 1.77. The fraction of sp³-hybridized carbons (Fsp3) is 0.0909. The molecule has 2 N–H and O–H groups in total. The van der Waals surface area contributed by atoms with Crippen LogP contribution in [0.25, 0.3) is 21.6 Å². The molecule has 4 nitrogen and oxygen atoms in total. The van der Waals surface area contributed by atoms with Gasteiger partial charge in [-0.3, -0.25) is 0 Å². The smallest absolute Gasteiger partial charge is 0.306 e. The molecule has 0 aliphatic heterocycles. The summed E-state index contributed by atoms with van der Waals surface area (Å²) in [4.78, 5) is 21.0. The molecule has 0 unspecified atom stereocenters. The summed E-state index contributed by atoms with van der Waals surface area (Å²) in [6, 6.07) is 5.66. The lowest BCUT2D eigenvalue weighted by Gasteiger charge is -1.95. The number of aromatic nitrogens is 3. The molecule has 1 aromatic carbocycles. The molecule has 0 saturated carbocycles. The highest BCUT2D eigenvalue weighted by molar-refractivity contribution is 7.19. The lowest BCUT2D eigenvalue weighted by atomic mass is 10.2. The third-order valence-electron chi connectivity index (χ3n) is 2.50. The summed E-state index contributed by atoms with van der Waals surface area (Å²) >= 11 is 7.43. The van der Waals surface area contributed by atoms with Gasteiger partial charge in [-0.25, -0.2) is 9.78 Å². The van der Waals surface area contributed by atoms with Gasteiger partial charge in [-0.2, -0.15) is 0 Å². The lowest BCUT2D eigenvalue weighted by Crippen LogP contribution is -1.99. The standard InChI is InChI=1S/C11H8ClN3OS/c1-5-9(12)17-10(13-5)6-2-3-7-8(4-6)15-11(16)14-7/h2-4H,1H3,(H2,14,15,16). The number of nitrogens with zero attached hydrogens (tertiary/aromatic N) is 1. The Labute approximate surface area is 105 Å². The number of H-pyrrole nitrogens is 2. The van der Waals surface area contributed by atoms with Crippen molar-refractivity contribution in [2.45, 2.75) is 6.92 Å². The summed E-state index contributed by atoms with van der Waals surface area (Å²) in [6.07, 6.45) is 0. The van der Waals surface area contributed by atoms with Gasteiger partial charge in [0.15, 0.2) is 0 Å². The maximum absolute atomic E-state index is 11.1. The number of thiazole rings is 1. The predicted octanol–water partition coefficient (Wildman–Crippen LogP) is 2.94. The van der Waals surface area contributed by atoms with E-state index in [-0.39, 0.29) is 5.69 Å². The van der Waals surface area contributed by atoms with E-state index < -0.39 is 0 Å². The summed E-state index contributed by atoms with van der Waals surface area (Å²) in [5.41, 5.74) is 3.14. The van der Waals surface area contributed by atoms with Gasteiger partial charge in [0.2, 0.25) is 0 Å². The molecular weight excluding hydrogens is 258 g/mol. The number of hydrogen-bond acceptors (Lipinski definition) is 3. The summed E-state index contributed by atoms with van der Waals surface area (Å²) in [6.45, 7) is 1.87. The second-order valence-electron chi connectivity index (χ2n) is 3.72. The SMILES string of the molecule is Cc1nc(-c2ccc3[nH]c(=O)[nH]c3c2)sc1Cl. The number of halogens is 1. The molecule has 0 fully saturated rings. The van der Waals surface area contributed by atoms with Crippen molar-refractivity contribution in [2.75, 3.05) is 0 Å². The van der Waals surface area contributed by atoms with Gasteiger partial charge < -0.3 is 9.97 Å². The van der Waals surface area contributed by atoms with Gasteiger partial charge in [-0.05, 0) is 25.1 Å². The highest BCUT2D eigenvalue weighted by Gasteiger charge is 2.08. The molecule has 2 heterocycles. The molecule has 2 aromatic heterocycles. The molecule has 17 heavy (non-hydrogen) atoms. The Balaban J connectivity index is 2.20. The van der Waals surface area contributed by atoms with E-state index in [9.17, 15) is 4.79 Å². The summed E-state index contributed by atoms with van der Waals surface area (Å²) in [5.74, 6) is 0. The van der Waals surface area contributed by atoms with Crippen molar-refractivity contribution < 1.29 is 0 Å². The lowest BCUT2D eigenvalue weighted by molar-refractivity contribution is 1.21. The number of rotatable bonds is 1. The van der Waals surface area contributed by atoms with Crippen molar-refractivity contribution >= 4 is 34.0 Å². The van der Waals surface area contributed by atoms with E-state index in [0.29, 0.717) is 4.34 Å². The molecule has 0 bridgehead atoms. The number of aryl methyl sites for hydroxylation is 1. The molecule has 0 amide bonds. The molecule has 0 spiro atoms. The van der Waals surface area contributed by atoms with Gasteiger partial charge in [-0.1, -0.05) is 11.6 Å². The van der Waals surface area contributed by atoms with Gasteiger partial charge in [0, 0.05) is 5.56 Å². The monoisotopic (exact) mass is 265 g/mol. The molecule has 0 radical (unpaired) electrons. The van der Waals surface area contributed by atoms with Gasteiger partial charge in [0.05, 0.1) is 16.7 Å². The van der Waals surface area contributed by atoms with Crippen molar-refractivity contribution in [2.24, 2.45) is 0 Å². The Morgan fingerprint density at radius 3 is 2.76 bits per heavy atom. The Kier molecular flexibility index (Phi) is 2.31. The van der Waals surface area contributed by atoms with E-state index in [2.05, 4.69) is 15.0 Å². The van der Waals surface area contributed by atoms with E-state index in [1.165, 1.54) is 11.3 Å². The first-order chi connectivity index (χ1) is 8.13.